The molecule has 2 heterocycles. The Morgan fingerprint density at radius 1 is 1.19 bits per heavy atom. The largest absolute Gasteiger partial charge is 0.507 e. The first-order valence-corrected chi connectivity index (χ1v) is 8.57. The molecule has 3 aromatic rings. The predicted molar refractivity (Wildman–Crippen MR) is 102 cm³/mol. The van der Waals surface area contributed by atoms with Crippen LogP contribution in [0.2, 0.25) is 0 Å². The van der Waals surface area contributed by atoms with Gasteiger partial charge in [0.2, 0.25) is 5.95 Å². The van der Waals surface area contributed by atoms with Gasteiger partial charge >= 0.3 is 0 Å². The van der Waals surface area contributed by atoms with Crippen LogP contribution in [0.5, 0.6) is 5.75 Å². The van der Waals surface area contributed by atoms with Crippen molar-refractivity contribution in [3.8, 4) is 5.75 Å². The molecule has 138 valence electrons. The van der Waals surface area contributed by atoms with Crippen LogP contribution in [0.15, 0.2) is 47.7 Å². The maximum absolute atomic E-state index is 14.1. The Morgan fingerprint density at radius 3 is 2.85 bits per heavy atom. The van der Waals surface area contributed by atoms with E-state index in [2.05, 4.69) is 20.5 Å². The monoisotopic (exact) mass is 367 g/mol. The highest BCUT2D eigenvalue weighted by atomic mass is 19.1. The summed E-state index contributed by atoms with van der Waals surface area (Å²) in [5.74, 6) is 0.0271. The van der Waals surface area contributed by atoms with E-state index < -0.39 is 5.82 Å². The number of anilines is 2. The van der Waals surface area contributed by atoms with E-state index in [0.29, 0.717) is 31.9 Å². The SMILES string of the molecule is Oc1ccc2ccccc2c1C=NNc1ncc(F)c(N2CCOCC2)n1. The zero-order chi connectivity index (χ0) is 18.6. The Bertz CT molecular complexity index is 989. The summed E-state index contributed by atoms with van der Waals surface area (Å²) in [6.07, 6.45) is 2.61. The van der Waals surface area contributed by atoms with E-state index in [9.17, 15) is 9.50 Å². The normalized spacial score (nSPS) is 14.8. The Kier molecular flexibility index (Phi) is 4.80. The smallest absolute Gasteiger partial charge is 0.245 e. The maximum atomic E-state index is 14.1. The zero-order valence-electron chi connectivity index (χ0n) is 14.5. The second-order valence-corrected chi connectivity index (χ2v) is 6.05. The minimum absolute atomic E-state index is 0.119. The number of halogens is 1. The van der Waals surface area contributed by atoms with Gasteiger partial charge in [-0.15, -0.1) is 0 Å². The van der Waals surface area contributed by atoms with Gasteiger partial charge in [-0.2, -0.15) is 10.1 Å². The van der Waals surface area contributed by atoms with Crippen molar-refractivity contribution >= 4 is 28.8 Å². The van der Waals surface area contributed by atoms with Crippen LogP contribution in [0, 0.1) is 5.82 Å². The van der Waals surface area contributed by atoms with Gasteiger partial charge < -0.3 is 14.7 Å². The summed E-state index contributed by atoms with van der Waals surface area (Å²) in [5.41, 5.74) is 3.28. The fourth-order valence-corrected chi connectivity index (χ4v) is 2.98. The molecule has 1 aliphatic heterocycles. The molecule has 2 N–H and O–H groups in total. The van der Waals surface area contributed by atoms with Crippen LogP contribution in [0.25, 0.3) is 10.8 Å². The Hall–Kier alpha value is -3.26. The zero-order valence-corrected chi connectivity index (χ0v) is 14.5. The summed E-state index contributed by atoms with van der Waals surface area (Å²) in [7, 11) is 0. The number of nitrogens with one attached hydrogen (secondary N) is 1. The molecule has 27 heavy (non-hydrogen) atoms. The lowest BCUT2D eigenvalue weighted by molar-refractivity contribution is 0.122. The number of morpholine rings is 1. The van der Waals surface area contributed by atoms with Gasteiger partial charge in [-0.3, -0.25) is 0 Å². The van der Waals surface area contributed by atoms with Crippen LogP contribution < -0.4 is 10.3 Å². The van der Waals surface area contributed by atoms with Crippen molar-refractivity contribution < 1.29 is 14.2 Å². The molecular formula is C19H18FN5O2. The molecule has 1 aromatic heterocycles. The molecule has 7 nitrogen and oxygen atoms in total. The van der Waals surface area contributed by atoms with Crippen molar-refractivity contribution in [2.75, 3.05) is 36.6 Å². The van der Waals surface area contributed by atoms with Crippen LogP contribution in [-0.2, 0) is 4.74 Å². The van der Waals surface area contributed by atoms with Crippen LogP contribution in [0.3, 0.4) is 0 Å². The van der Waals surface area contributed by atoms with Crippen LogP contribution in [0.1, 0.15) is 5.56 Å². The molecule has 1 fully saturated rings. The number of rotatable bonds is 4. The van der Waals surface area contributed by atoms with E-state index in [-0.39, 0.29) is 17.5 Å². The topological polar surface area (TPSA) is 82.9 Å². The first kappa shape index (κ1) is 17.2. The maximum Gasteiger partial charge on any atom is 0.245 e. The van der Waals surface area contributed by atoms with Crippen molar-refractivity contribution in [3.63, 3.8) is 0 Å². The highest BCUT2D eigenvalue weighted by Gasteiger charge is 2.17. The number of benzene rings is 2. The van der Waals surface area contributed by atoms with Gasteiger partial charge in [-0.1, -0.05) is 30.3 Å². The van der Waals surface area contributed by atoms with Gasteiger partial charge in [0.25, 0.3) is 0 Å². The van der Waals surface area contributed by atoms with Crippen molar-refractivity contribution in [1.29, 1.82) is 0 Å². The Balaban J connectivity index is 1.56. The summed E-state index contributed by atoms with van der Waals surface area (Å²) < 4.78 is 19.3. The molecule has 1 saturated heterocycles. The fourth-order valence-electron chi connectivity index (χ4n) is 2.98. The average Bonchev–Trinajstić information content (AvgIpc) is 2.71. The number of hydrogen-bond acceptors (Lipinski definition) is 7. The first-order valence-electron chi connectivity index (χ1n) is 8.57. The average molecular weight is 367 g/mol. The van der Waals surface area contributed by atoms with Crippen molar-refractivity contribution in [1.82, 2.24) is 9.97 Å². The number of phenols is 1. The molecule has 0 radical (unpaired) electrons. The third-order valence-electron chi connectivity index (χ3n) is 4.34. The van der Waals surface area contributed by atoms with Crippen LogP contribution >= 0.6 is 0 Å². The number of nitrogens with zero attached hydrogens (tertiary/aromatic N) is 4. The number of fused-ring (bicyclic) bond motifs is 1. The van der Waals surface area contributed by atoms with E-state index in [1.165, 1.54) is 6.21 Å². The van der Waals surface area contributed by atoms with E-state index in [1.54, 1.807) is 6.07 Å². The predicted octanol–water partition coefficient (Wildman–Crippen LogP) is 2.76. The van der Waals surface area contributed by atoms with Gasteiger partial charge in [0.1, 0.15) is 5.75 Å². The van der Waals surface area contributed by atoms with Gasteiger partial charge in [0.15, 0.2) is 11.6 Å². The number of ether oxygens (including phenoxy) is 1. The number of aromatic hydroxyl groups is 1. The van der Waals surface area contributed by atoms with Gasteiger partial charge in [-0.25, -0.2) is 14.8 Å². The standard InChI is InChI=1S/C19H18FN5O2/c20-16-12-21-19(23-18(16)25-7-9-27-10-8-25)24-22-11-15-14-4-2-1-3-13(14)5-6-17(15)26/h1-6,11-12,26H,7-10H2,(H,21,23,24). The van der Waals surface area contributed by atoms with Crippen molar-refractivity contribution in [3.05, 3.63) is 54.0 Å². The minimum atomic E-state index is -0.488. The molecule has 0 unspecified atom stereocenters. The lowest BCUT2D eigenvalue weighted by atomic mass is 10.0. The van der Waals surface area contributed by atoms with Gasteiger partial charge in [0, 0.05) is 18.7 Å². The number of hydrogen-bond donors (Lipinski definition) is 2. The van der Waals surface area contributed by atoms with Crippen molar-refractivity contribution in [2.45, 2.75) is 0 Å². The Morgan fingerprint density at radius 2 is 2.00 bits per heavy atom. The molecule has 0 spiro atoms. The molecule has 0 atom stereocenters. The second kappa shape index (κ2) is 7.55. The molecule has 0 saturated carbocycles. The van der Waals surface area contributed by atoms with Crippen LogP contribution in [0.4, 0.5) is 16.2 Å². The number of phenolic OH excluding ortho intramolecular Hbond substituents is 1. The second-order valence-electron chi connectivity index (χ2n) is 6.05. The van der Waals surface area contributed by atoms with Gasteiger partial charge in [0.05, 0.1) is 25.6 Å². The molecule has 0 aliphatic carbocycles. The van der Waals surface area contributed by atoms with E-state index >= 15 is 0 Å². The van der Waals surface area contributed by atoms with E-state index in [4.69, 9.17) is 4.74 Å². The summed E-state index contributed by atoms with van der Waals surface area (Å²) >= 11 is 0. The molecule has 0 bridgehead atoms. The highest BCUT2D eigenvalue weighted by Crippen LogP contribution is 2.25. The highest BCUT2D eigenvalue weighted by molar-refractivity contribution is 6.02. The molecule has 0 amide bonds. The number of aromatic nitrogens is 2. The third kappa shape index (κ3) is 3.65. The lowest BCUT2D eigenvalue weighted by Gasteiger charge is -2.27. The molecular weight excluding hydrogens is 349 g/mol. The van der Waals surface area contributed by atoms with E-state index in [0.717, 1.165) is 17.0 Å². The van der Waals surface area contributed by atoms with E-state index in [1.807, 2.05) is 35.2 Å². The Labute approximate surface area is 155 Å². The molecule has 2 aromatic carbocycles. The quantitative estimate of drug-likeness (QED) is 0.545. The summed E-state index contributed by atoms with van der Waals surface area (Å²) in [6.45, 7) is 2.20. The lowest BCUT2D eigenvalue weighted by Crippen LogP contribution is -2.37. The molecule has 4 rings (SSSR count). The summed E-state index contributed by atoms with van der Waals surface area (Å²) in [5, 5.41) is 16.1. The fraction of sp³-hybridized carbons (Fsp3) is 0.211. The first-order chi connectivity index (χ1) is 13.2. The minimum Gasteiger partial charge on any atom is -0.507 e. The summed E-state index contributed by atoms with van der Waals surface area (Å²) in [6, 6.07) is 11.1. The molecule has 1 aliphatic rings. The summed E-state index contributed by atoms with van der Waals surface area (Å²) in [4.78, 5) is 9.94. The third-order valence-corrected chi connectivity index (χ3v) is 4.34. The van der Waals surface area contributed by atoms with Gasteiger partial charge in [-0.05, 0) is 16.8 Å². The van der Waals surface area contributed by atoms with Crippen LogP contribution in [-0.4, -0.2) is 47.6 Å². The molecule has 8 heteroatoms. The van der Waals surface area contributed by atoms with Crippen molar-refractivity contribution in [2.24, 2.45) is 5.10 Å². The number of hydrazone groups is 1.